The van der Waals surface area contributed by atoms with Crippen molar-refractivity contribution in [2.24, 2.45) is 0 Å². The van der Waals surface area contributed by atoms with Gasteiger partial charge in [0.05, 0.1) is 11.9 Å². The highest BCUT2D eigenvalue weighted by Crippen LogP contribution is 2.10. The lowest BCUT2D eigenvalue weighted by Crippen LogP contribution is -2.58. The average Bonchev–Trinajstić information content (AvgIpc) is 2.00. The molecule has 0 bridgehead atoms. The Kier molecular flexibility index (Phi) is 3.88. The van der Waals surface area contributed by atoms with Gasteiger partial charge in [-0.2, -0.15) is 4.31 Å². The van der Waals surface area contributed by atoms with E-state index >= 15 is 0 Å². The average molecular weight is 222 g/mol. The molecular formula is C8H18N2O3S. The maximum atomic E-state index is 11.8. The van der Waals surface area contributed by atoms with E-state index in [0.29, 0.717) is 0 Å². The topological polar surface area (TPSA) is 58.6 Å². The van der Waals surface area contributed by atoms with Gasteiger partial charge in [0, 0.05) is 33.3 Å². The van der Waals surface area contributed by atoms with Gasteiger partial charge in [-0.25, -0.2) is 8.42 Å². The summed E-state index contributed by atoms with van der Waals surface area (Å²) in [6, 6.07) is 0.115. The minimum atomic E-state index is -3.16. The van der Waals surface area contributed by atoms with E-state index in [2.05, 4.69) is 5.32 Å². The molecule has 0 aromatic rings. The minimum Gasteiger partial charge on any atom is -0.381 e. The van der Waals surface area contributed by atoms with Crippen molar-refractivity contribution >= 4 is 10.0 Å². The van der Waals surface area contributed by atoms with Crippen LogP contribution in [0.15, 0.2) is 0 Å². The largest absolute Gasteiger partial charge is 0.381 e. The third-order valence-corrected chi connectivity index (χ3v) is 4.63. The number of nitrogens with zero attached hydrogens (tertiary/aromatic N) is 1. The molecule has 0 saturated carbocycles. The Labute approximate surface area is 85.5 Å². The van der Waals surface area contributed by atoms with Crippen molar-refractivity contribution in [2.75, 3.05) is 33.0 Å². The Hall–Kier alpha value is -0.170. The van der Waals surface area contributed by atoms with Crippen LogP contribution in [0.25, 0.3) is 0 Å². The molecule has 1 heterocycles. The Balaban J connectivity index is 2.54. The predicted octanol–water partition coefficient (Wildman–Crippen LogP) is -0.745. The number of likely N-dealkylation sites (N-methyl/N-ethyl adjacent to an activating group) is 1. The first-order chi connectivity index (χ1) is 6.47. The number of methoxy groups -OCH3 is 1. The van der Waals surface area contributed by atoms with E-state index in [0.717, 1.165) is 13.1 Å². The number of hydrogen-bond acceptors (Lipinski definition) is 4. The first-order valence-corrected chi connectivity index (χ1v) is 6.27. The van der Waals surface area contributed by atoms with E-state index in [4.69, 9.17) is 4.74 Å². The van der Waals surface area contributed by atoms with Gasteiger partial charge in [-0.3, -0.25) is 0 Å². The molecule has 1 saturated heterocycles. The van der Waals surface area contributed by atoms with E-state index in [1.54, 1.807) is 14.0 Å². The lowest BCUT2D eigenvalue weighted by Gasteiger charge is -2.35. The predicted molar refractivity (Wildman–Crippen MR) is 54.7 cm³/mol. The Morgan fingerprint density at radius 2 is 2.14 bits per heavy atom. The highest BCUT2D eigenvalue weighted by Gasteiger charge is 2.31. The highest BCUT2D eigenvalue weighted by molar-refractivity contribution is 7.89. The van der Waals surface area contributed by atoms with Crippen LogP contribution in [0.1, 0.15) is 6.92 Å². The van der Waals surface area contributed by atoms with Crippen molar-refractivity contribution < 1.29 is 13.2 Å². The number of rotatable bonds is 5. The van der Waals surface area contributed by atoms with Crippen LogP contribution in [0, 0.1) is 0 Å². The van der Waals surface area contributed by atoms with E-state index < -0.39 is 10.0 Å². The molecule has 0 radical (unpaired) electrons. The quantitative estimate of drug-likeness (QED) is 0.665. The van der Waals surface area contributed by atoms with Crippen LogP contribution in [0.3, 0.4) is 0 Å². The van der Waals surface area contributed by atoms with Gasteiger partial charge in [0.2, 0.25) is 10.0 Å². The van der Waals surface area contributed by atoms with Gasteiger partial charge in [0.25, 0.3) is 0 Å². The standard InChI is InChI=1S/C8H18N2O3S/c1-7(13-3)6-14(11,12)10(2)8-4-9-5-8/h7-9H,4-6H2,1-3H3. The summed E-state index contributed by atoms with van der Waals surface area (Å²) in [6.07, 6.45) is -0.254. The summed E-state index contributed by atoms with van der Waals surface area (Å²) >= 11 is 0. The molecule has 0 aliphatic carbocycles. The van der Waals surface area contributed by atoms with Crippen molar-refractivity contribution in [2.45, 2.75) is 19.1 Å². The molecule has 1 N–H and O–H groups in total. The van der Waals surface area contributed by atoms with Gasteiger partial charge in [-0.15, -0.1) is 0 Å². The van der Waals surface area contributed by atoms with Crippen LogP contribution in [0.5, 0.6) is 0 Å². The van der Waals surface area contributed by atoms with Crippen molar-refractivity contribution in [1.82, 2.24) is 9.62 Å². The van der Waals surface area contributed by atoms with E-state index in [9.17, 15) is 8.42 Å². The highest BCUT2D eigenvalue weighted by atomic mass is 32.2. The second-order valence-electron chi connectivity index (χ2n) is 3.65. The lowest BCUT2D eigenvalue weighted by atomic mass is 10.2. The van der Waals surface area contributed by atoms with Crippen molar-refractivity contribution in [3.8, 4) is 0 Å². The zero-order valence-electron chi connectivity index (χ0n) is 8.86. The smallest absolute Gasteiger partial charge is 0.216 e. The molecule has 14 heavy (non-hydrogen) atoms. The summed E-state index contributed by atoms with van der Waals surface area (Å²) in [5.74, 6) is 0.0521. The fourth-order valence-electron chi connectivity index (χ4n) is 1.24. The Morgan fingerprint density at radius 3 is 2.50 bits per heavy atom. The summed E-state index contributed by atoms with van der Waals surface area (Å²) in [7, 11) is -0.0162. The molecule has 6 heteroatoms. The zero-order chi connectivity index (χ0) is 10.8. The fraction of sp³-hybridized carbons (Fsp3) is 1.00. The molecule has 0 spiro atoms. The summed E-state index contributed by atoms with van der Waals surface area (Å²) in [6.45, 7) is 3.25. The van der Waals surface area contributed by atoms with Gasteiger partial charge in [0.15, 0.2) is 0 Å². The molecule has 84 valence electrons. The van der Waals surface area contributed by atoms with Gasteiger partial charge in [0.1, 0.15) is 0 Å². The van der Waals surface area contributed by atoms with Gasteiger partial charge in [-0.1, -0.05) is 0 Å². The SMILES string of the molecule is COC(C)CS(=O)(=O)N(C)C1CNC1. The number of hydrogen-bond donors (Lipinski definition) is 1. The molecule has 1 fully saturated rings. The van der Waals surface area contributed by atoms with Gasteiger partial charge in [-0.05, 0) is 6.92 Å². The van der Waals surface area contributed by atoms with Crippen LogP contribution in [-0.4, -0.2) is 57.9 Å². The molecule has 0 amide bonds. The summed E-state index contributed by atoms with van der Waals surface area (Å²) in [4.78, 5) is 0. The van der Waals surface area contributed by atoms with Crippen molar-refractivity contribution in [3.63, 3.8) is 0 Å². The number of nitrogens with one attached hydrogen (secondary N) is 1. The molecule has 0 aromatic carbocycles. The molecule has 5 nitrogen and oxygen atoms in total. The van der Waals surface area contributed by atoms with Crippen LogP contribution in [0.2, 0.25) is 0 Å². The van der Waals surface area contributed by atoms with E-state index in [1.807, 2.05) is 0 Å². The normalized spacial score (nSPS) is 20.9. The van der Waals surface area contributed by atoms with Gasteiger partial charge >= 0.3 is 0 Å². The van der Waals surface area contributed by atoms with Crippen LogP contribution in [-0.2, 0) is 14.8 Å². The number of ether oxygens (including phenoxy) is 1. The molecule has 1 aliphatic rings. The maximum absolute atomic E-state index is 11.8. The van der Waals surface area contributed by atoms with Crippen molar-refractivity contribution in [1.29, 1.82) is 0 Å². The van der Waals surface area contributed by atoms with Crippen molar-refractivity contribution in [3.05, 3.63) is 0 Å². The minimum absolute atomic E-state index is 0.0521. The Bertz CT molecular complexity index is 274. The lowest BCUT2D eigenvalue weighted by molar-refractivity contribution is 0.134. The van der Waals surface area contributed by atoms with E-state index in [-0.39, 0.29) is 17.9 Å². The fourth-order valence-corrected chi connectivity index (χ4v) is 2.81. The third-order valence-electron chi connectivity index (χ3n) is 2.56. The molecular weight excluding hydrogens is 204 g/mol. The molecule has 1 aliphatic heterocycles. The number of sulfonamides is 1. The van der Waals surface area contributed by atoms with Crippen LogP contribution < -0.4 is 5.32 Å². The van der Waals surface area contributed by atoms with Gasteiger partial charge < -0.3 is 10.1 Å². The first-order valence-electron chi connectivity index (χ1n) is 4.66. The monoisotopic (exact) mass is 222 g/mol. The summed E-state index contributed by atoms with van der Waals surface area (Å²) < 4.78 is 29.9. The second kappa shape index (κ2) is 4.57. The Morgan fingerprint density at radius 1 is 1.57 bits per heavy atom. The first kappa shape index (κ1) is 11.9. The summed E-state index contributed by atoms with van der Waals surface area (Å²) in [5.41, 5.74) is 0. The third kappa shape index (κ3) is 2.66. The molecule has 1 atom stereocenters. The van der Waals surface area contributed by atoms with E-state index in [1.165, 1.54) is 11.4 Å². The molecule has 1 rings (SSSR count). The molecule has 0 aromatic heterocycles. The van der Waals surface area contributed by atoms with Crippen LogP contribution >= 0.6 is 0 Å². The van der Waals surface area contributed by atoms with Crippen LogP contribution in [0.4, 0.5) is 0 Å². The summed E-state index contributed by atoms with van der Waals surface area (Å²) in [5, 5.41) is 3.04. The molecule has 1 unspecified atom stereocenters. The maximum Gasteiger partial charge on any atom is 0.216 e. The zero-order valence-corrected chi connectivity index (χ0v) is 9.67. The second-order valence-corrected chi connectivity index (χ2v) is 5.73.